The molecule has 98 valence electrons. The monoisotopic (exact) mass is 238 g/mol. The molecule has 0 amide bonds. The van der Waals surface area contributed by atoms with Gasteiger partial charge in [0.15, 0.2) is 0 Å². The zero-order valence-corrected chi connectivity index (χ0v) is 11.8. The highest BCUT2D eigenvalue weighted by Gasteiger charge is 2.16. The number of carbonyl (C=O) groups excluding carboxylic acids is 2. The van der Waals surface area contributed by atoms with Crippen LogP contribution in [0.5, 0.6) is 0 Å². The van der Waals surface area contributed by atoms with Crippen molar-refractivity contribution in [3.05, 3.63) is 12.2 Å². The highest BCUT2D eigenvalue weighted by atomic mass is 16.1. The molecule has 0 radical (unpaired) electrons. The van der Waals surface area contributed by atoms with Crippen molar-refractivity contribution >= 4 is 12.1 Å². The average Bonchev–Trinajstić information content (AvgIpc) is 2.21. The summed E-state index contributed by atoms with van der Waals surface area (Å²) in [5.74, 6) is 1.22. The van der Waals surface area contributed by atoms with Gasteiger partial charge in [-0.25, -0.2) is 0 Å². The molecule has 0 aromatic carbocycles. The van der Waals surface area contributed by atoms with Crippen LogP contribution in [0.15, 0.2) is 12.2 Å². The van der Waals surface area contributed by atoms with E-state index in [9.17, 15) is 9.59 Å². The lowest BCUT2D eigenvalue weighted by molar-refractivity contribution is -0.121. The highest BCUT2D eigenvalue weighted by molar-refractivity contribution is 5.78. The minimum absolute atomic E-state index is 0.0982. The number of hydrogen-bond donors (Lipinski definition) is 0. The zero-order chi connectivity index (χ0) is 13.4. The van der Waals surface area contributed by atoms with E-state index in [4.69, 9.17) is 0 Å². The first kappa shape index (κ1) is 16.1. The number of allylic oxidation sites excluding steroid dienone is 2. The lowest BCUT2D eigenvalue weighted by atomic mass is 9.88. The number of aldehydes is 1. The predicted octanol–water partition coefficient (Wildman–Crippen LogP) is 3.66. The van der Waals surface area contributed by atoms with E-state index in [1.165, 1.54) is 0 Å². The molecule has 0 aliphatic rings. The molecule has 0 spiro atoms. The summed E-state index contributed by atoms with van der Waals surface area (Å²) in [7, 11) is 0. The summed E-state index contributed by atoms with van der Waals surface area (Å²) in [6, 6.07) is 0. The fraction of sp³-hybridized carbons (Fsp3) is 0.733. The maximum absolute atomic E-state index is 11.4. The smallest absolute Gasteiger partial charge is 0.133 e. The van der Waals surface area contributed by atoms with Crippen LogP contribution in [0, 0.1) is 23.7 Å². The average molecular weight is 238 g/mol. The van der Waals surface area contributed by atoms with Crippen LogP contribution >= 0.6 is 0 Å². The first-order valence-electron chi connectivity index (χ1n) is 6.50. The molecule has 0 bridgehead atoms. The second-order valence-corrected chi connectivity index (χ2v) is 5.45. The maximum Gasteiger partial charge on any atom is 0.133 e. The van der Waals surface area contributed by atoms with Gasteiger partial charge in [-0.1, -0.05) is 39.8 Å². The molecule has 0 heterocycles. The quantitative estimate of drug-likeness (QED) is 0.478. The number of Topliss-reactive ketones (excluding diaryl/α,β-unsaturated/α-hetero) is 1. The minimum atomic E-state index is 0.0982. The molecule has 2 heteroatoms. The van der Waals surface area contributed by atoms with Gasteiger partial charge in [-0.05, 0) is 31.6 Å². The zero-order valence-electron chi connectivity index (χ0n) is 11.8. The Labute approximate surface area is 105 Å². The minimum Gasteiger partial charge on any atom is -0.303 e. The van der Waals surface area contributed by atoms with Gasteiger partial charge in [-0.15, -0.1) is 0 Å². The van der Waals surface area contributed by atoms with Crippen LogP contribution < -0.4 is 0 Å². The SMILES string of the molecule is CC(=O)[C@@H](C/C=C/C[C@H](C=O)C(C)C)C(C)C. The summed E-state index contributed by atoms with van der Waals surface area (Å²) in [6.45, 7) is 9.91. The number of carbonyl (C=O) groups is 2. The van der Waals surface area contributed by atoms with E-state index in [0.29, 0.717) is 11.8 Å². The first-order chi connectivity index (χ1) is 7.90. The highest BCUT2D eigenvalue weighted by Crippen LogP contribution is 2.18. The van der Waals surface area contributed by atoms with Crippen molar-refractivity contribution < 1.29 is 9.59 Å². The van der Waals surface area contributed by atoms with Crippen molar-refractivity contribution in [2.45, 2.75) is 47.5 Å². The third kappa shape index (κ3) is 6.40. The van der Waals surface area contributed by atoms with Crippen molar-refractivity contribution in [2.24, 2.45) is 23.7 Å². The molecule has 2 atom stereocenters. The second-order valence-electron chi connectivity index (χ2n) is 5.45. The van der Waals surface area contributed by atoms with E-state index in [-0.39, 0.29) is 17.6 Å². The Bertz CT molecular complexity index is 264. The van der Waals surface area contributed by atoms with Gasteiger partial charge in [-0.3, -0.25) is 4.79 Å². The Kier molecular flexibility index (Phi) is 7.77. The molecule has 2 nitrogen and oxygen atoms in total. The Morgan fingerprint density at radius 2 is 1.53 bits per heavy atom. The standard InChI is InChI=1S/C15H26O2/c1-11(2)14(10-16)8-6-7-9-15(12(3)4)13(5)17/h6-7,10-12,14-15H,8-9H2,1-5H3/b7-6+/t14-,15+/m1/s1. The molecule has 0 aliphatic heterocycles. The molecule has 17 heavy (non-hydrogen) atoms. The van der Waals surface area contributed by atoms with E-state index in [1.807, 2.05) is 12.2 Å². The van der Waals surface area contributed by atoms with Gasteiger partial charge in [-0.2, -0.15) is 0 Å². The van der Waals surface area contributed by atoms with Gasteiger partial charge >= 0.3 is 0 Å². The molecule has 0 aromatic heterocycles. The maximum atomic E-state index is 11.4. The number of hydrogen-bond acceptors (Lipinski definition) is 2. The van der Waals surface area contributed by atoms with Crippen LogP contribution in [0.2, 0.25) is 0 Å². The second kappa shape index (κ2) is 8.21. The van der Waals surface area contributed by atoms with E-state index >= 15 is 0 Å². The van der Waals surface area contributed by atoms with Crippen LogP contribution in [0.4, 0.5) is 0 Å². The third-order valence-corrected chi connectivity index (χ3v) is 3.32. The molecular weight excluding hydrogens is 212 g/mol. The topological polar surface area (TPSA) is 34.1 Å². The predicted molar refractivity (Wildman–Crippen MR) is 71.8 cm³/mol. The van der Waals surface area contributed by atoms with Gasteiger partial charge in [0, 0.05) is 11.8 Å². The molecule has 0 saturated heterocycles. The van der Waals surface area contributed by atoms with Crippen LogP contribution in [-0.4, -0.2) is 12.1 Å². The summed E-state index contributed by atoms with van der Waals surface area (Å²) in [5.41, 5.74) is 0. The Balaban J connectivity index is 4.17. The van der Waals surface area contributed by atoms with Crippen LogP contribution in [-0.2, 0) is 9.59 Å². The summed E-state index contributed by atoms with van der Waals surface area (Å²) in [6.07, 6.45) is 6.68. The van der Waals surface area contributed by atoms with Gasteiger partial charge in [0.05, 0.1) is 0 Å². The molecule has 0 rings (SSSR count). The number of ketones is 1. The molecule has 0 saturated carbocycles. The van der Waals surface area contributed by atoms with Crippen molar-refractivity contribution in [1.29, 1.82) is 0 Å². The lowest BCUT2D eigenvalue weighted by Crippen LogP contribution is -2.16. The van der Waals surface area contributed by atoms with Crippen molar-refractivity contribution in [2.75, 3.05) is 0 Å². The van der Waals surface area contributed by atoms with Crippen LogP contribution in [0.1, 0.15) is 47.5 Å². The molecular formula is C15H26O2. The van der Waals surface area contributed by atoms with E-state index in [2.05, 4.69) is 27.7 Å². The van der Waals surface area contributed by atoms with Crippen molar-refractivity contribution in [1.82, 2.24) is 0 Å². The Hall–Kier alpha value is -0.920. The van der Waals surface area contributed by atoms with Gasteiger partial charge < -0.3 is 4.79 Å². The molecule has 0 aliphatic carbocycles. The van der Waals surface area contributed by atoms with Gasteiger partial charge in [0.2, 0.25) is 0 Å². The number of rotatable bonds is 8. The van der Waals surface area contributed by atoms with Crippen molar-refractivity contribution in [3.63, 3.8) is 0 Å². The summed E-state index contributed by atoms with van der Waals surface area (Å²) in [5, 5.41) is 0. The molecule has 0 unspecified atom stereocenters. The van der Waals surface area contributed by atoms with E-state index in [0.717, 1.165) is 19.1 Å². The lowest BCUT2D eigenvalue weighted by Gasteiger charge is -2.15. The molecule has 0 N–H and O–H groups in total. The fourth-order valence-electron chi connectivity index (χ4n) is 1.89. The normalized spacial score (nSPS) is 15.5. The molecule has 0 aromatic rings. The van der Waals surface area contributed by atoms with Crippen LogP contribution in [0.3, 0.4) is 0 Å². The Morgan fingerprint density at radius 1 is 1.00 bits per heavy atom. The fourth-order valence-corrected chi connectivity index (χ4v) is 1.89. The summed E-state index contributed by atoms with van der Waals surface area (Å²) >= 11 is 0. The van der Waals surface area contributed by atoms with Crippen LogP contribution in [0.25, 0.3) is 0 Å². The van der Waals surface area contributed by atoms with Gasteiger partial charge in [0.25, 0.3) is 0 Å². The van der Waals surface area contributed by atoms with E-state index in [1.54, 1.807) is 6.92 Å². The molecule has 0 fully saturated rings. The summed E-state index contributed by atoms with van der Waals surface area (Å²) in [4.78, 5) is 22.2. The largest absolute Gasteiger partial charge is 0.303 e. The third-order valence-electron chi connectivity index (χ3n) is 3.32. The Morgan fingerprint density at radius 3 is 1.88 bits per heavy atom. The van der Waals surface area contributed by atoms with E-state index < -0.39 is 0 Å². The first-order valence-corrected chi connectivity index (χ1v) is 6.50. The van der Waals surface area contributed by atoms with Gasteiger partial charge in [0.1, 0.15) is 12.1 Å². The summed E-state index contributed by atoms with van der Waals surface area (Å²) < 4.78 is 0. The van der Waals surface area contributed by atoms with Crippen molar-refractivity contribution in [3.8, 4) is 0 Å².